The van der Waals surface area contributed by atoms with Gasteiger partial charge in [-0.25, -0.2) is 0 Å². The van der Waals surface area contributed by atoms with Crippen molar-refractivity contribution in [1.29, 1.82) is 0 Å². The molecule has 2 N–H and O–H groups in total. The lowest BCUT2D eigenvalue weighted by atomic mass is 9.42. The number of aliphatic hydroxyl groups is 1. The average molecular weight is 459 g/mol. The molecule has 0 heterocycles. The largest absolute Gasteiger partial charge is 0.481 e. The fourth-order valence-corrected chi connectivity index (χ4v) is 8.47. The third-order valence-corrected chi connectivity index (χ3v) is 10.6. The van der Waals surface area contributed by atoms with Gasteiger partial charge in [-0.05, 0) is 54.9 Å². The summed E-state index contributed by atoms with van der Waals surface area (Å²) in [6.45, 7) is 11.8. The molecule has 2 fully saturated rings. The molecule has 4 rings (SSSR count). The summed E-state index contributed by atoms with van der Waals surface area (Å²) in [5, 5.41) is 20.6. The first-order valence-electron chi connectivity index (χ1n) is 12.4. The highest BCUT2D eigenvalue weighted by Crippen LogP contribution is 2.70. The van der Waals surface area contributed by atoms with E-state index in [0.29, 0.717) is 43.3 Å². The van der Waals surface area contributed by atoms with E-state index in [1.54, 1.807) is 0 Å². The maximum atomic E-state index is 13.9. The molecule has 4 aliphatic rings. The number of hydrogen-bond acceptors (Lipinski definition) is 5. The van der Waals surface area contributed by atoms with E-state index in [0.717, 1.165) is 0 Å². The highest BCUT2D eigenvalue weighted by Gasteiger charge is 2.70. The SMILES string of the molecule is C[C@@H](CCC(=O)O)[C@@H]1CC(=O)[C@]2(C)C3=C(C(=O)C[C@@]12C)[C@]1(C)CCC(=O)C(C)(C)[C@H]1C[C@H]3O. The molecule has 0 aliphatic heterocycles. The van der Waals surface area contributed by atoms with Crippen LogP contribution in [0.2, 0.25) is 0 Å². The van der Waals surface area contributed by atoms with Crippen molar-refractivity contribution in [2.45, 2.75) is 92.6 Å². The topological polar surface area (TPSA) is 109 Å². The zero-order chi connectivity index (χ0) is 24.7. The molecule has 0 radical (unpaired) electrons. The van der Waals surface area contributed by atoms with E-state index < -0.39 is 33.7 Å². The quantitative estimate of drug-likeness (QED) is 0.656. The predicted octanol–water partition coefficient (Wildman–Crippen LogP) is 4.13. The van der Waals surface area contributed by atoms with Gasteiger partial charge in [-0.2, -0.15) is 0 Å². The van der Waals surface area contributed by atoms with Gasteiger partial charge < -0.3 is 10.2 Å². The van der Waals surface area contributed by atoms with Gasteiger partial charge in [0.15, 0.2) is 5.78 Å². The van der Waals surface area contributed by atoms with Gasteiger partial charge in [0.25, 0.3) is 0 Å². The number of carbonyl (C=O) groups excluding carboxylic acids is 3. The van der Waals surface area contributed by atoms with Crippen LogP contribution >= 0.6 is 0 Å². The van der Waals surface area contributed by atoms with E-state index in [9.17, 15) is 24.3 Å². The van der Waals surface area contributed by atoms with Gasteiger partial charge in [-0.1, -0.05) is 34.6 Å². The number of carboxylic acids is 1. The van der Waals surface area contributed by atoms with E-state index in [-0.39, 0.29) is 47.9 Å². The molecule has 6 heteroatoms. The summed E-state index contributed by atoms with van der Waals surface area (Å²) in [6.07, 6.45) is 1.42. The van der Waals surface area contributed by atoms with Crippen LogP contribution in [-0.2, 0) is 19.2 Å². The van der Waals surface area contributed by atoms with Gasteiger partial charge in [-0.15, -0.1) is 0 Å². The smallest absolute Gasteiger partial charge is 0.303 e. The van der Waals surface area contributed by atoms with Crippen LogP contribution in [-0.4, -0.2) is 39.6 Å². The van der Waals surface area contributed by atoms with Crippen molar-refractivity contribution in [1.82, 2.24) is 0 Å². The molecule has 2 saturated carbocycles. The number of ketones is 3. The van der Waals surface area contributed by atoms with Crippen molar-refractivity contribution < 1.29 is 29.4 Å². The van der Waals surface area contributed by atoms with Crippen molar-refractivity contribution in [2.24, 2.45) is 39.4 Å². The Balaban J connectivity index is 1.85. The normalized spacial score (nSPS) is 43.1. The molecular weight excluding hydrogens is 420 g/mol. The molecule has 0 aromatic rings. The molecule has 33 heavy (non-hydrogen) atoms. The number of hydrogen-bond donors (Lipinski definition) is 2. The van der Waals surface area contributed by atoms with Crippen LogP contribution in [0.1, 0.15) is 86.5 Å². The summed E-state index contributed by atoms with van der Waals surface area (Å²) in [4.78, 5) is 51.5. The van der Waals surface area contributed by atoms with Crippen LogP contribution in [0.5, 0.6) is 0 Å². The first-order valence-corrected chi connectivity index (χ1v) is 12.4. The average Bonchev–Trinajstić information content (AvgIpc) is 2.92. The lowest BCUT2D eigenvalue weighted by molar-refractivity contribution is -0.147. The summed E-state index contributed by atoms with van der Waals surface area (Å²) in [7, 11) is 0. The number of fused-ring (bicyclic) bond motifs is 4. The molecule has 0 bridgehead atoms. The molecule has 4 aliphatic carbocycles. The highest BCUT2D eigenvalue weighted by molar-refractivity contribution is 6.05. The van der Waals surface area contributed by atoms with Crippen molar-refractivity contribution in [3.63, 3.8) is 0 Å². The first kappa shape index (κ1) is 24.3. The van der Waals surface area contributed by atoms with Crippen molar-refractivity contribution in [3.05, 3.63) is 11.1 Å². The summed E-state index contributed by atoms with van der Waals surface area (Å²) in [5.74, 6) is -0.948. The van der Waals surface area contributed by atoms with E-state index >= 15 is 0 Å². The van der Waals surface area contributed by atoms with Crippen LogP contribution in [0.3, 0.4) is 0 Å². The van der Waals surface area contributed by atoms with E-state index in [4.69, 9.17) is 5.11 Å². The van der Waals surface area contributed by atoms with Crippen molar-refractivity contribution in [3.8, 4) is 0 Å². The minimum Gasteiger partial charge on any atom is -0.481 e. The zero-order valence-electron chi connectivity index (χ0n) is 20.8. The maximum absolute atomic E-state index is 13.9. The van der Waals surface area contributed by atoms with Gasteiger partial charge in [0.1, 0.15) is 11.6 Å². The number of aliphatic hydroxyl groups excluding tert-OH is 1. The summed E-state index contributed by atoms with van der Waals surface area (Å²) in [5.41, 5.74) is -1.59. The van der Waals surface area contributed by atoms with Crippen LogP contribution in [0.4, 0.5) is 0 Å². The second kappa shape index (κ2) is 7.34. The fourth-order valence-electron chi connectivity index (χ4n) is 8.47. The Morgan fingerprint density at radius 1 is 1.09 bits per heavy atom. The first-order chi connectivity index (χ1) is 15.1. The van der Waals surface area contributed by atoms with Crippen molar-refractivity contribution >= 4 is 23.3 Å². The summed E-state index contributed by atoms with van der Waals surface area (Å²) < 4.78 is 0. The highest BCUT2D eigenvalue weighted by atomic mass is 16.4. The minimum atomic E-state index is -0.961. The summed E-state index contributed by atoms with van der Waals surface area (Å²) >= 11 is 0. The summed E-state index contributed by atoms with van der Waals surface area (Å²) in [6, 6.07) is 0. The molecule has 0 spiro atoms. The zero-order valence-corrected chi connectivity index (χ0v) is 20.8. The van der Waals surface area contributed by atoms with Gasteiger partial charge in [0.2, 0.25) is 0 Å². The maximum Gasteiger partial charge on any atom is 0.303 e. The number of rotatable bonds is 4. The molecule has 0 aromatic heterocycles. The third kappa shape index (κ3) is 3.01. The fraction of sp³-hybridized carbons (Fsp3) is 0.778. The second-order valence-corrected chi connectivity index (χ2v) is 12.4. The Kier molecular flexibility index (Phi) is 5.41. The molecule has 182 valence electrons. The lowest BCUT2D eigenvalue weighted by Gasteiger charge is -2.60. The molecule has 0 aromatic carbocycles. The Labute approximate surface area is 196 Å². The molecule has 0 saturated heterocycles. The number of carboxylic acid groups (broad SMARTS) is 1. The number of carbonyl (C=O) groups is 4. The molecule has 0 amide bonds. The van der Waals surface area contributed by atoms with Gasteiger partial charge in [-0.3, -0.25) is 19.2 Å². The van der Waals surface area contributed by atoms with Crippen molar-refractivity contribution in [2.75, 3.05) is 0 Å². The number of allylic oxidation sites excluding steroid dienone is 1. The van der Waals surface area contributed by atoms with Crippen LogP contribution in [0.15, 0.2) is 11.1 Å². The van der Waals surface area contributed by atoms with Gasteiger partial charge in [0.05, 0.1) is 11.5 Å². The van der Waals surface area contributed by atoms with E-state index in [1.807, 2.05) is 34.6 Å². The number of Topliss-reactive ketones (excluding diaryl/α,β-unsaturated/α-hetero) is 3. The Morgan fingerprint density at radius 3 is 2.33 bits per heavy atom. The van der Waals surface area contributed by atoms with E-state index in [2.05, 4.69) is 6.92 Å². The monoisotopic (exact) mass is 458 g/mol. The third-order valence-electron chi connectivity index (χ3n) is 10.6. The predicted molar refractivity (Wildman–Crippen MR) is 122 cm³/mol. The molecule has 0 unspecified atom stereocenters. The lowest BCUT2D eigenvalue weighted by Crippen LogP contribution is -2.60. The number of aliphatic carboxylic acids is 1. The van der Waals surface area contributed by atoms with Crippen LogP contribution < -0.4 is 0 Å². The Hall–Kier alpha value is -1.82. The molecular formula is C27H38O6. The Bertz CT molecular complexity index is 975. The van der Waals surface area contributed by atoms with Crippen LogP contribution in [0, 0.1) is 39.4 Å². The van der Waals surface area contributed by atoms with Crippen LogP contribution in [0.25, 0.3) is 0 Å². The Morgan fingerprint density at radius 2 is 1.73 bits per heavy atom. The standard InChI is InChI=1S/C27H38O6/c1-14(7-8-21(32)33)15-11-20(31)27(6)23-16(28)12-18-24(2,3)19(30)9-10-25(18,4)22(23)17(29)13-26(15,27)5/h14-16,18,28H,7-13H2,1-6H3,(H,32,33)/t14-,15-,16+,18+,25+,26-,27+/m0/s1. The van der Waals surface area contributed by atoms with Gasteiger partial charge in [0, 0.05) is 42.1 Å². The second-order valence-electron chi connectivity index (χ2n) is 12.4. The molecule has 7 atom stereocenters. The van der Waals surface area contributed by atoms with Gasteiger partial charge >= 0.3 is 5.97 Å². The minimum absolute atomic E-state index is 0.00786. The molecule has 6 nitrogen and oxygen atoms in total. The van der Waals surface area contributed by atoms with E-state index in [1.165, 1.54) is 0 Å².